The summed E-state index contributed by atoms with van der Waals surface area (Å²) in [5, 5.41) is 3.53. The van der Waals surface area contributed by atoms with Gasteiger partial charge in [0.15, 0.2) is 0 Å². The first-order valence-electron chi connectivity index (χ1n) is 7.13. The van der Waals surface area contributed by atoms with Gasteiger partial charge in [0.2, 0.25) is 0 Å². The van der Waals surface area contributed by atoms with E-state index in [9.17, 15) is 4.39 Å². The van der Waals surface area contributed by atoms with Crippen molar-refractivity contribution in [2.24, 2.45) is 0 Å². The molecule has 3 rings (SSSR count). The molecule has 0 fully saturated rings. The highest BCUT2D eigenvalue weighted by Crippen LogP contribution is 2.27. The quantitative estimate of drug-likeness (QED) is 0.879. The van der Waals surface area contributed by atoms with Gasteiger partial charge in [-0.3, -0.25) is 0 Å². The lowest BCUT2D eigenvalue weighted by Crippen LogP contribution is -2.35. The normalized spacial score (nSPS) is 18.2. The number of hydrogen-bond acceptors (Lipinski definition) is 2. The molecule has 0 spiro atoms. The van der Waals surface area contributed by atoms with E-state index in [4.69, 9.17) is 0 Å². The van der Waals surface area contributed by atoms with Gasteiger partial charge in [-0.2, -0.15) is 0 Å². The zero-order valence-corrected chi connectivity index (χ0v) is 13.5. The smallest absolute Gasteiger partial charge is 0.124 e. The number of halogens is 2. The van der Waals surface area contributed by atoms with E-state index in [2.05, 4.69) is 57.3 Å². The van der Waals surface area contributed by atoms with Crippen LogP contribution in [0.25, 0.3) is 0 Å². The van der Waals surface area contributed by atoms with Gasteiger partial charge in [-0.05, 0) is 36.2 Å². The van der Waals surface area contributed by atoms with Crippen LogP contribution in [0.5, 0.6) is 0 Å². The summed E-state index contributed by atoms with van der Waals surface area (Å²) in [6.07, 6.45) is 0. The van der Waals surface area contributed by atoms with Crippen molar-refractivity contribution in [3.05, 3.63) is 63.9 Å². The molecule has 0 radical (unpaired) electrons. The van der Waals surface area contributed by atoms with E-state index >= 15 is 0 Å². The predicted octanol–water partition coefficient (Wildman–Crippen LogP) is 4.09. The van der Waals surface area contributed by atoms with Crippen LogP contribution in [0.1, 0.15) is 18.1 Å². The highest BCUT2D eigenvalue weighted by atomic mass is 79.9. The lowest BCUT2D eigenvalue weighted by Gasteiger charge is -2.27. The Morgan fingerprint density at radius 2 is 2.10 bits per heavy atom. The van der Waals surface area contributed by atoms with Crippen molar-refractivity contribution in [2.75, 3.05) is 11.4 Å². The van der Waals surface area contributed by atoms with Crippen LogP contribution in [0.15, 0.2) is 46.9 Å². The number of nitrogens with one attached hydrogen (secondary N) is 1. The minimum atomic E-state index is -0.211. The van der Waals surface area contributed by atoms with Gasteiger partial charge in [-0.1, -0.05) is 40.2 Å². The van der Waals surface area contributed by atoms with Crippen LogP contribution < -0.4 is 10.2 Å². The van der Waals surface area contributed by atoms with Crippen molar-refractivity contribution in [3.8, 4) is 0 Å². The number of para-hydroxylation sites is 1. The van der Waals surface area contributed by atoms with Crippen molar-refractivity contribution in [1.29, 1.82) is 0 Å². The van der Waals surface area contributed by atoms with E-state index in [-0.39, 0.29) is 5.82 Å². The van der Waals surface area contributed by atoms with Crippen LogP contribution in [-0.2, 0) is 13.1 Å². The summed E-state index contributed by atoms with van der Waals surface area (Å²) >= 11 is 3.47. The van der Waals surface area contributed by atoms with Gasteiger partial charge in [-0.25, -0.2) is 4.39 Å². The van der Waals surface area contributed by atoms with E-state index in [1.54, 1.807) is 0 Å². The summed E-state index contributed by atoms with van der Waals surface area (Å²) in [6, 6.07) is 13.8. The molecule has 0 aromatic heterocycles. The van der Waals surface area contributed by atoms with Crippen LogP contribution >= 0.6 is 15.9 Å². The number of fused-ring (bicyclic) bond motifs is 1. The van der Waals surface area contributed by atoms with Crippen molar-refractivity contribution in [2.45, 2.75) is 26.1 Å². The molecule has 0 saturated heterocycles. The van der Waals surface area contributed by atoms with Crippen molar-refractivity contribution in [3.63, 3.8) is 0 Å². The number of anilines is 1. The maximum atomic E-state index is 13.2. The van der Waals surface area contributed by atoms with Crippen LogP contribution in [0.3, 0.4) is 0 Å². The lowest BCUT2D eigenvalue weighted by molar-refractivity contribution is 0.552. The lowest BCUT2D eigenvalue weighted by atomic mass is 10.1. The third-order valence-corrected chi connectivity index (χ3v) is 4.58. The zero-order chi connectivity index (χ0) is 14.8. The maximum absolute atomic E-state index is 13.2. The Morgan fingerprint density at radius 1 is 1.29 bits per heavy atom. The average Bonchev–Trinajstić information content (AvgIpc) is 2.62. The summed E-state index contributed by atoms with van der Waals surface area (Å²) in [7, 11) is 0. The Hall–Kier alpha value is -1.39. The third-order valence-electron chi connectivity index (χ3n) is 3.84. The summed E-state index contributed by atoms with van der Waals surface area (Å²) in [4.78, 5) is 2.36. The third kappa shape index (κ3) is 3.27. The molecule has 1 atom stereocenters. The summed E-state index contributed by atoms with van der Waals surface area (Å²) in [5.41, 5.74) is 3.66. The van der Waals surface area contributed by atoms with Gasteiger partial charge in [-0.15, -0.1) is 0 Å². The van der Waals surface area contributed by atoms with E-state index in [0.29, 0.717) is 6.04 Å². The Kier molecular flexibility index (Phi) is 4.27. The molecular weight excluding hydrogens is 331 g/mol. The fourth-order valence-corrected chi connectivity index (χ4v) is 3.23. The van der Waals surface area contributed by atoms with Crippen molar-refractivity contribution in [1.82, 2.24) is 5.32 Å². The minimum absolute atomic E-state index is 0.211. The molecule has 1 aliphatic heterocycles. The Bertz CT molecular complexity index is 644. The van der Waals surface area contributed by atoms with Crippen molar-refractivity contribution < 1.29 is 4.39 Å². The molecule has 1 heterocycles. The van der Waals surface area contributed by atoms with Crippen LogP contribution in [0.2, 0.25) is 0 Å². The van der Waals surface area contributed by atoms with Crippen molar-refractivity contribution >= 4 is 21.6 Å². The monoisotopic (exact) mass is 348 g/mol. The molecule has 21 heavy (non-hydrogen) atoms. The predicted molar refractivity (Wildman–Crippen MR) is 87.9 cm³/mol. The molecule has 4 heteroatoms. The molecule has 1 unspecified atom stereocenters. The first-order chi connectivity index (χ1) is 10.1. The SMILES string of the molecule is CC1CN(Cc2ccc(F)cc2Br)c2ccccc2CN1. The first kappa shape index (κ1) is 14.5. The van der Waals surface area contributed by atoms with E-state index in [0.717, 1.165) is 29.7 Å². The van der Waals surface area contributed by atoms with Gasteiger partial charge in [0.05, 0.1) is 0 Å². The Morgan fingerprint density at radius 3 is 2.90 bits per heavy atom. The number of benzene rings is 2. The molecule has 0 saturated carbocycles. The second-order valence-electron chi connectivity index (χ2n) is 5.53. The minimum Gasteiger partial charge on any atom is -0.365 e. The molecule has 110 valence electrons. The highest BCUT2D eigenvalue weighted by Gasteiger charge is 2.19. The Balaban J connectivity index is 1.92. The fourth-order valence-electron chi connectivity index (χ4n) is 2.75. The van der Waals surface area contributed by atoms with Gasteiger partial charge < -0.3 is 10.2 Å². The molecular formula is C17H18BrFN2. The molecule has 1 aliphatic rings. The van der Waals surface area contributed by atoms with Gasteiger partial charge in [0.1, 0.15) is 5.82 Å². The topological polar surface area (TPSA) is 15.3 Å². The van der Waals surface area contributed by atoms with Gasteiger partial charge in [0.25, 0.3) is 0 Å². The van der Waals surface area contributed by atoms with E-state index in [1.165, 1.54) is 23.4 Å². The van der Waals surface area contributed by atoms with Gasteiger partial charge >= 0.3 is 0 Å². The summed E-state index contributed by atoms with van der Waals surface area (Å²) in [5.74, 6) is -0.211. The standard InChI is InChI=1S/C17H18BrFN2/c1-12-10-21(11-14-6-7-15(19)8-16(14)18)17-5-3-2-4-13(17)9-20-12/h2-8,12,20H,9-11H2,1H3. The Labute approximate surface area is 133 Å². The molecule has 1 N–H and O–H groups in total. The molecule has 2 nitrogen and oxygen atoms in total. The van der Waals surface area contributed by atoms with Crippen LogP contribution in [-0.4, -0.2) is 12.6 Å². The summed E-state index contributed by atoms with van der Waals surface area (Å²) < 4.78 is 14.1. The second kappa shape index (κ2) is 6.16. The van der Waals surface area contributed by atoms with Crippen LogP contribution in [0.4, 0.5) is 10.1 Å². The largest absolute Gasteiger partial charge is 0.365 e. The average molecular weight is 349 g/mol. The second-order valence-corrected chi connectivity index (χ2v) is 6.38. The van der Waals surface area contributed by atoms with E-state index in [1.807, 2.05) is 6.07 Å². The molecule has 2 aromatic carbocycles. The molecule has 2 aromatic rings. The molecule has 0 amide bonds. The zero-order valence-electron chi connectivity index (χ0n) is 11.9. The first-order valence-corrected chi connectivity index (χ1v) is 7.93. The number of rotatable bonds is 2. The number of nitrogens with zero attached hydrogens (tertiary/aromatic N) is 1. The van der Waals surface area contributed by atoms with Crippen LogP contribution in [0, 0.1) is 5.82 Å². The number of hydrogen-bond donors (Lipinski definition) is 1. The van der Waals surface area contributed by atoms with Gasteiger partial charge in [0, 0.05) is 35.8 Å². The summed E-state index contributed by atoms with van der Waals surface area (Å²) in [6.45, 7) is 4.78. The maximum Gasteiger partial charge on any atom is 0.124 e. The molecule has 0 aliphatic carbocycles. The molecule has 0 bridgehead atoms. The van der Waals surface area contributed by atoms with E-state index < -0.39 is 0 Å². The highest BCUT2D eigenvalue weighted by molar-refractivity contribution is 9.10. The fraction of sp³-hybridized carbons (Fsp3) is 0.294.